The van der Waals surface area contributed by atoms with E-state index in [1.165, 1.54) is 0 Å². The Balaban J connectivity index is 1.90. The van der Waals surface area contributed by atoms with Gasteiger partial charge in [-0.05, 0) is 38.8 Å². The van der Waals surface area contributed by atoms with Gasteiger partial charge < -0.3 is 24.6 Å². The van der Waals surface area contributed by atoms with Crippen molar-refractivity contribution in [3.63, 3.8) is 0 Å². The van der Waals surface area contributed by atoms with Crippen molar-refractivity contribution in [3.05, 3.63) is 23.9 Å². The van der Waals surface area contributed by atoms with Crippen LogP contribution in [0.3, 0.4) is 0 Å². The number of hydrogen-bond donors (Lipinski definition) is 1. The Bertz CT molecular complexity index is 575. The number of nitrogens with one attached hydrogen (secondary N) is 1. The Morgan fingerprint density at radius 2 is 2.11 bits per heavy atom. The molecule has 2 rings (SSSR count). The van der Waals surface area contributed by atoms with Gasteiger partial charge in [0.05, 0.1) is 26.4 Å². The molecule has 1 fully saturated rings. The molecule has 1 aliphatic heterocycles. The Morgan fingerprint density at radius 3 is 2.75 bits per heavy atom. The van der Waals surface area contributed by atoms with E-state index in [0.29, 0.717) is 25.7 Å². The number of hydrogen-bond acceptors (Lipinski definition) is 5. The summed E-state index contributed by atoms with van der Waals surface area (Å²) in [4.78, 5) is 14.0. The van der Waals surface area contributed by atoms with E-state index in [4.69, 9.17) is 14.5 Å². The van der Waals surface area contributed by atoms with Crippen molar-refractivity contribution < 1.29 is 9.47 Å². The van der Waals surface area contributed by atoms with E-state index < -0.39 is 0 Å². The van der Waals surface area contributed by atoms with Gasteiger partial charge >= 0.3 is 0 Å². The Labute approximate surface area is 170 Å². The Morgan fingerprint density at radius 1 is 1.29 bits per heavy atom. The molecule has 1 unspecified atom stereocenters. The predicted molar refractivity (Wildman–Crippen MR) is 115 cm³/mol. The summed E-state index contributed by atoms with van der Waals surface area (Å²) in [5.74, 6) is 2.56. The van der Waals surface area contributed by atoms with E-state index in [2.05, 4.69) is 53.0 Å². The SMILES string of the molecule is CCNC(=NCc1ccc(N(CC)CC)nc1)N1CCC(COCCOC)C1. The summed E-state index contributed by atoms with van der Waals surface area (Å²) >= 11 is 0. The number of anilines is 1. The monoisotopic (exact) mass is 391 g/mol. The molecule has 7 heteroatoms. The molecule has 7 nitrogen and oxygen atoms in total. The van der Waals surface area contributed by atoms with Crippen LogP contribution in [-0.2, 0) is 16.0 Å². The summed E-state index contributed by atoms with van der Waals surface area (Å²) in [7, 11) is 1.70. The third-order valence-corrected chi connectivity index (χ3v) is 5.01. The second-order valence-electron chi connectivity index (χ2n) is 7.04. The number of pyridine rings is 1. The molecule has 1 N–H and O–H groups in total. The van der Waals surface area contributed by atoms with Gasteiger partial charge in [-0.2, -0.15) is 0 Å². The first-order chi connectivity index (χ1) is 13.7. The summed E-state index contributed by atoms with van der Waals surface area (Å²) in [6, 6.07) is 4.22. The van der Waals surface area contributed by atoms with Crippen LogP contribution in [0.5, 0.6) is 0 Å². The lowest BCUT2D eigenvalue weighted by Crippen LogP contribution is -2.40. The largest absolute Gasteiger partial charge is 0.382 e. The van der Waals surface area contributed by atoms with Crippen LogP contribution in [0.1, 0.15) is 32.8 Å². The maximum Gasteiger partial charge on any atom is 0.194 e. The first-order valence-electron chi connectivity index (χ1n) is 10.5. The minimum Gasteiger partial charge on any atom is -0.382 e. The average Bonchev–Trinajstić information content (AvgIpc) is 3.19. The second kappa shape index (κ2) is 12.6. The van der Waals surface area contributed by atoms with E-state index >= 15 is 0 Å². The number of ether oxygens (including phenoxy) is 2. The van der Waals surface area contributed by atoms with E-state index in [9.17, 15) is 0 Å². The maximum absolute atomic E-state index is 5.70. The van der Waals surface area contributed by atoms with E-state index in [-0.39, 0.29) is 0 Å². The molecule has 0 amide bonds. The summed E-state index contributed by atoms with van der Waals surface area (Å²) in [5.41, 5.74) is 1.13. The van der Waals surface area contributed by atoms with Gasteiger partial charge in [-0.3, -0.25) is 0 Å². The number of rotatable bonds is 11. The lowest BCUT2D eigenvalue weighted by Gasteiger charge is -2.22. The molecule has 1 atom stereocenters. The van der Waals surface area contributed by atoms with Gasteiger partial charge in [0.15, 0.2) is 5.96 Å². The Hall–Kier alpha value is -1.86. The average molecular weight is 392 g/mol. The lowest BCUT2D eigenvalue weighted by atomic mass is 10.1. The molecule has 1 aromatic rings. The standard InChI is InChI=1S/C21H37N5O2/c1-5-22-21(26-11-10-19(16-26)17-28-13-12-27-4)24-15-18-8-9-20(23-14-18)25(6-2)7-3/h8-9,14,19H,5-7,10-13,15-17H2,1-4H3,(H,22,24). The van der Waals surface area contributed by atoms with Crippen LogP contribution in [0.2, 0.25) is 0 Å². The van der Waals surface area contributed by atoms with Crippen LogP contribution >= 0.6 is 0 Å². The molecule has 1 aromatic heterocycles. The van der Waals surface area contributed by atoms with Crippen molar-refractivity contribution in [1.82, 2.24) is 15.2 Å². The molecule has 0 bridgehead atoms. The van der Waals surface area contributed by atoms with Crippen LogP contribution in [0.15, 0.2) is 23.3 Å². The molecule has 1 saturated heterocycles. The van der Waals surface area contributed by atoms with Gasteiger partial charge in [0, 0.05) is 51.9 Å². The molecule has 0 aliphatic carbocycles. The fourth-order valence-corrected chi connectivity index (χ4v) is 3.39. The number of aromatic nitrogens is 1. The zero-order chi connectivity index (χ0) is 20.2. The van der Waals surface area contributed by atoms with E-state index in [1.54, 1.807) is 7.11 Å². The predicted octanol–water partition coefficient (Wildman–Crippen LogP) is 2.38. The van der Waals surface area contributed by atoms with Crippen molar-refractivity contribution in [2.75, 3.05) is 64.6 Å². The van der Waals surface area contributed by atoms with Gasteiger partial charge in [-0.25, -0.2) is 9.98 Å². The minimum absolute atomic E-state index is 0.552. The first-order valence-corrected chi connectivity index (χ1v) is 10.5. The van der Waals surface area contributed by atoms with Gasteiger partial charge in [-0.1, -0.05) is 6.07 Å². The van der Waals surface area contributed by atoms with Gasteiger partial charge in [-0.15, -0.1) is 0 Å². The van der Waals surface area contributed by atoms with Crippen molar-refractivity contribution in [1.29, 1.82) is 0 Å². The van der Waals surface area contributed by atoms with Gasteiger partial charge in [0.1, 0.15) is 5.82 Å². The number of likely N-dealkylation sites (tertiary alicyclic amines) is 1. The third kappa shape index (κ3) is 6.95. The highest BCUT2D eigenvalue weighted by atomic mass is 16.5. The van der Waals surface area contributed by atoms with Crippen LogP contribution in [-0.4, -0.2) is 75.5 Å². The molecular weight excluding hydrogens is 354 g/mol. The number of nitrogens with zero attached hydrogens (tertiary/aromatic N) is 4. The van der Waals surface area contributed by atoms with Crippen molar-refractivity contribution in [3.8, 4) is 0 Å². The van der Waals surface area contributed by atoms with Crippen molar-refractivity contribution in [2.24, 2.45) is 10.9 Å². The molecule has 28 heavy (non-hydrogen) atoms. The molecule has 2 heterocycles. The lowest BCUT2D eigenvalue weighted by molar-refractivity contribution is 0.0536. The molecule has 0 saturated carbocycles. The number of aliphatic imine (C=N–C) groups is 1. The Kier molecular flexibility index (Phi) is 10.1. The normalized spacial score (nSPS) is 17.2. The number of guanidine groups is 1. The van der Waals surface area contributed by atoms with Crippen molar-refractivity contribution >= 4 is 11.8 Å². The summed E-state index contributed by atoms with van der Waals surface area (Å²) in [6.07, 6.45) is 3.08. The molecular formula is C21H37N5O2. The summed E-state index contributed by atoms with van der Waals surface area (Å²) in [5, 5.41) is 3.43. The maximum atomic E-state index is 5.70. The molecule has 0 aromatic carbocycles. The van der Waals surface area contributed by atoms with Gasteiger partial charge in [0.2, 0.25) is 0 Å². The van der Waals surface area contributed by atoms with Crippen molar-refractivity contribution in [2.45, 2.75) is 33.7 Å². The molecule has 0 spiro atoms. The quantitative estimate of drug-likeness (QED) is 0.355. The van der Waals surface area contributed by atoms with Crippen LogP contribution in [0.4, 0.5) is 5.82 Å². The first kappa shape index (κ1) is 22.4. The molecule has 158 valence electrons. The van der Waals surface area contributed by atoms with Crippen LogP contribution in [0.25, 0.3) is 0 Å². The van der Waals surface area contributed by atoms with Gasteiger partial charge in [0.25, 0.3) is 0 Å². The second-order valence-corrected chi connectivity index (χ2v) is 7.04. The van der Waals surface area contributed by atoms with Crippen LogP contribution < -0.4 is 10.2 Å². The molecule has 0 radical (unpaired) electrons. The van der Waals surface area contributed by atoms with Crippen LogP contribution in [0, 0.1) is 5.92 Å². The topological polar surface area (TPSA) is 62.2 Å². The van der Waals surface area contributed by atoms with E-state index in [1.807, 2.05) is 6.20 Å². The highest BCUT2D eigenvalue weighted by Gasteiger charge is 2.24. The zero-order valence-electron chi connectivity index (χ0n) is 18.0. The number of methoxy groups -OCH3 is 1. The highest BCUT2D eigenvalue weighted by Crippen LogP contribution is 2.17. The third-order valence-electron chi connectivity index (χ3n) is 5.01. The fraction of sp³-hybridized carbons (Fsp3) is 0.714. The smallest absolute Gasteiger partial charge is 0.194 e. The zero-order valence-corrected chi connectivity index (χ0v) is 18.0. The van der Waals surface area contributed by atoms with E-state index in [0.717, 1.165) is 63.1 Å². The fourth-order valence-electron chi connectivity index (χ4n) is 3.39. The summed E-state index contributed by atoms with van der Waals surface area (Å²) in [6.45, 7) is 14.0. The minimum atomic E-state index is 0.552. The summed E-state index contributed by atoms with van der Waals surface area (Å²) < 4.78 is 10.7. The molecule has 1 aliphatic rings. The highest BCUT2D eigenvalue weighted by molar-refractivity contribution is 5.80.